The predicted molar refractivity (Wildman–Crippen MR) is 86.2 cm³/mol. The third kappa shape index (κ3) is 2.82. The number of hydrogen-bond acceptors (Lipinski definition) is 3. The van der Waals surface area contributed by atoms with Crippen LogP contribution in [-0.4, -0.2) is 11.5 Å². The van der Waals surface area contributed by atoms with Crippen molar-refractivity contribution in [2.45, 2.75) is 19.4 Å². The van der Waals surface area contributed by atoms with Crippen molar-refractivity contribution < 1.29 is 4.39 Å². The minimum atomic E-state index is -0.264. The summed E-state index contributed by atoms with van der Waals surface area (Å²) < 4.78 is 15.4. The average Bonchev–Trinajstić information content (AvgIpc) is 2.98. The number of rotatable bonds is 5. The number of halogens is 1. The Labute approximate surface area is 127 Å². The van der Waals surface area contributed by atoms with Gasteiger partial charge in [0, 0.05) is 16.5 Å². The van der Waals surface area contributed by atoms with Gasteiger partial charge in [0.15, 0.2) is 0 Å². The van der Waals surface area contributed by atoms with Crippen LogP contribution < -0.4 is 5.32 Å². The number of fused-ring (bicyclic) bond motifs is 1. The third-order valence-corrected chi connectivity index (χ3v) is 4.51. The first-order valence-electron chi connectivity index (χ1n) is 7.10. The molecule has 1 unspecified atom stereocenters. The Hall–Kier alpha value is -1.78. The van der Waals surface area contributed by atoms with Gasteiger partial charge < -0.3 is 5.32 Å². The van der Waals surface area contributed by atoms with Crippen molar-refractivity contribution in [3.05, 3.63) is 65.0 Å². The molecule has 108 valence electrons. The number of nitrogens with zero attached hydrogens (tertiary/aromatic N) is 1. The van der Waals surface area contributed by atoms with E-state index in [4.69, 9.17) is 0 Å². The quantitative estimate of drug-likeness (QED) is 0.749. The van der Waals surface area contributed by atoms with Crippen LogP contribution in [0.25, 0.3) is 10.1 Å². The standard InChI is InChI=1S/C17H17FN2S/c1-2-8-20-16(13-6-9-19-11-15(13)18)14-5-3-4-12-7-10-21-17(12)14/h3-7,9-11,16,20H,2,8H2,1H3. The van der Waals surface area contributed by atoms with E-state index in [1.807, 2.05) is 6.07 Å². The second-order valence-corrected chi connectivity index (χ2v) is 5.89. The molecule has 0 bridgehead atoms. The van der Waals surface area contributed by atoms with Gasteiger partial charge in [0.25, 0.3) is 0 Å². The summed E-state index contributed by atoms with van der Waals surface area (Å²) >= 11 is 1.70. The van der Waals surface area contributed by atoms with Gasteiger partial charge in [-0.1, -0.05) is 25.1 Å². The molecule has 0 saturated carbocycles. The van der Waals surface area contributed by atoms with Gasteiger partial charge in [0.1, 0.15) is 5.82 Å². The number of hydrogen-bond donors (Lipinski definition) is 1. The molecule has 0 amide bonds. The number of aromatic nitrogens is 1. The normalized spacial score (nSPS) is 12.7. The van der Waals surface area contributed by atoms with Crippen molar-refractivity contribution in [2.24, 2.45) is 0 Å². The molecule has 0 spiro atoms. The molecule has 2 aromatic heterocycles. The molecular weight excluding hydrogens is 283 g/mol. The molecule has 0 saturated heterocycles. The van der Waals surface area contributed by atoms with E-state index in [1.54, 1.807) is 23.6 Å². The molecule has 3 rings (SSSR count). The van der Waals surface area contributed by atoms with E-state index in [-0.39, 0.29) is 11.9 Å². The summed E-state index contributed by atoms with van der Waals surface area (Å²) in [5, 5.41) is 6.74. The molecule has 1 aromatic carbocycles. The molecule has 0 radical (unpaired) electrons. The lowest BCUT2D eigenvalue weighted by Crippen LogP contribution is -2.24. The van der Waals surface area contributed by atoms with Crippen molar-refractivity contribution in [3.8, 4) is 0 Å². The van der Waals surface area contributed by atoms with Crippen LogP contribution in [0.4, 0.5) is 4.39 Å². The van der Waals surface area contributed by atoms with E-state index in [0.29, 0.717) is 5.56 Å². The molecule has 4 heteroatoms. The molecule has 0 aliphatic carbocycles. The zero-order chi connectivity index (χ0) is 14.7. The van der Waals surface area contributed by atoms with Gasteiger partial charge in [-0.25, -0.2) is 4.39 Å². The number of nitrogens with one attached hydrogen (secondary N) is 1. The van der Waals surface area contributed by atoms with Crippen LogP contribution in [0.2, 0.25) is 0 Å². The van der Waals surface area contributed by atoms with E-state index in [2.05, 4.69) is 40.8 Å². The maximum Gasteiger partial charge on any atom is 0.146 e. The summed E-state index contributed by atoms with van der Waals surface area (Å²) in [5.74, 6) is -0.264. The molecule has 2 heterocycles. The van der Waals surface area contributed by atoms with E-state index in [0.717, 1.165) is 18.5 Å². The molecular formula is C17H17FN2S. The summed E-state index contributed by atoms with van der Waals surface area (Å²) in [7, 11) is 0. The minimum absolute atomic E-state index is 0.143. The van der Waals surface area contributed by atoms with Crippen LogP contribution in [0.5, 0.6) is 0 Å². The maximum absolute atomic E-state index is 14.2. The van der Waals surface area contributed by atoms with E-state index in [1.165, 1.54) is 16.3 Å². The third-order valence-electron chi connectivity index (χ3n) is 3.53. The number of benzene rings is 1. The second-order valence-electron chi connectivity index (χ2n) is 4.97. The van der Waals surface area contributed by atoms with Crippen LogP contribution in [0.1, 0.15) is 30.5 Å². The monoisotopic (exact) mass is 300 g/mol. The van der Waals surface area contributed by atoms with Crippen molar-refractivity contribution in [1.29, 1.82) is 0 Å². The Morgan fingerprint density at radius 3 is 2.95 bits per heavy atom. The van der Waals surface area contributed by atoms with Crippen LogP contribution in [0.15, 0.2) is 48.1 Å². The highest BCUT2D eigenvalue weighted by Gasteiger charge is 2.19. The fourth-order valence-corrected chi connectivity index (χ4v) is 3.48. The predicted octanol–water partition coefficient (Wildman–Crippen LogP) is 4.52. The van der Waals surface area contributed by atoms with Crippen LogP contribution in [0.3, 0.4) is 0 Å². The van der Waals surface area contributed by atoms with Crippen molar-refractivity contribution >= 4 is 21.4 Å². The van der Waals surface area contributed by atoms with Gasteiger partial charge in [-0.15, -0.1) is 11.3 Å². The summed E-state index contributed by atoms with van der Waals surface area (Å²) in [6, 6.07) is 9.92. The maximum atomic E-state index is 14.2. The Balaban J connectivity index is 2.11. The topological polar surface area (TPSA) is 24.9 Å². The highest BCUT2D eigenvalue weighted by Crippen LogP contribution is 2.33. The van der Waals surface area contributed by atoms with Gasteiger partial charge in [0.05, 0.1) is 12.2 Å². The summed E-state index contributed by atoms with van der Waals surface area (Å²) in [6.45, 7) is 2.95. The highest BCUT2D eigenvalue weighted by molar-refractivity contribution is 7.17. The van der Waals surface area contributed by atoms with E-state index < -0.39 is 0 Å². The van der Waals surface area contributed by atoms with Crippen molar-refractivity contribution in [1.82, 2.24) is 10.3 Å². The summed E-state index contributed by atoms with van der Waals surface area (Å²) in [4.78, 5) is 3.85. The lowest BCUT2D eigenvalue weighted by atomic mass is 9.98. The summed E-state index contributed by atoms with van der Waals surface area (Å²) in [5.41, 5.74) is 1.78. The lowest BCUT2D eigenvalue weighted by Gasteiger charge is -2.20. The van der Waals surface area contributed by atoms with Crippen LogP contribution in [-0.2, 0) is 0 Å². The largest absolute Gasteiger partial charge is 0.306 e. The lowest BCUT2D eigenvalue weighted by molar-refractivity contribution is 0.545. The zero-order valence-electron chi connectivity index (χ0n) is 11.8. The van der Waals surface area contributed by atoms with E-state index in [9.17, 15) is 4.39 Å². The van der Waals surface area contributed by atoms with Crippen molar-refractivity contribution in [3.63, 3.8) is 0 Å². The minimum Gasteiger partial charge on any atom is -0.306 e. The van der Waals surface area contributed by atoms with Gasteiger partial charge >= 0.3 is 0 Å². The highest BCUT2D eigenvalue weighted by atomic mass is 32.1. The van der Waals surface area contributed by atoms with E-state index >= 15 is 0 Å². The van der Waals surface area contributed by atoms with Gasteiger partial charge in [0.2, 0.25) is 0 Å². The molecule has 0 aliphatic heterocycles. The molecule has 1 N–H and O–H groups in total. The Morgan fingerprint density at radius 1 is 1.24 bits per heavy atom. The molecule has 2 nitrogen and oxygen atoms in total. The van der Waals surface area contributed by atoms with Gasteiger partial charge in [-0.05, 0) is 41.4 Å². The molecule has 3 aromatic rings. The molecule has 0 aliphatic rings. The molecule has 0 fully saturated rings. The number of pyridine rings is 1. The molecule has 21 heavy (non-hydrogen) atoms. The first kappa shape index (κ1) is 14.2. The average molecular weight is 300 g/mol. The van der Waals surface area contributed by atoms with Gasteiger partial charge in [-0.3, -0.25) is 4.98 Å². The van der Waals surface area contributed by atoms with Crippen molar-refractivity contribution in [2.75, 3.05) is 6.54 Å². The van der Waals surface area contributed by atoms with Gasteiger partial charge in [-0.2, -0.15) is 0 Å². The molecule has 1 atom stereocenters. The first-order chi connectivity index (χ1) is 10.3. The number of thiophene rings is 1. The zero-order valence-corrected chi connectivity index (χ0v) is 12.7. The smallest absolute Gasteiger partial charge is 0.146 e. The van der Waals surface area contributed by atoms with Crippen LogP contribution >= 0.6 is 11.3 Å². The Kier molecular flexibility index (Phi) is 4.27. The Bertz CT molecular complexity index is 738. The second kappa shape index (κ2) is 6.33. The van der Waals surface area contributed by atoms with Crippen LogP contribution in [0, 0.1) is 5.82 Å². The Morgan fingerprint density at radius 2 is 2.14 bits per heavy atom. The summed E-state index contributed by atoms with van der Waals surface area (Å²) in [6.07, 6.45) is 3.93. The fourth-order valence-electron chi connectivity index (χ4n) is 2.54. The fraction of sp³-hybridized carbons (Fsp3) is 0.235. The first-order valence-corrected chi connectivity index (χ1v) is 7.98. The SMILES string of the molecule is CCCNC(c1ccncc1F)c1cccc2ccsc12.